The maximum absolute atomic E-state index is 12.7. The Hall–Kier alpha value is -2.62. The van der Waals surface area contributed by atoms with E-state index in [4.69, 9.17) is 0 Å². The summed E-state index contributed by atoms with van der Waals surface area (Å²) in [6.45, 7) is 7.32. The smallest absolute Gasteiger partial charge is 0.253 e. The molecule has 4 nitrogen and oxygen atoms in total. The van der Waals surface area contributed by atoms with E-state index >= 15 is 0 Å². The Morgan fingerprint density at radius 1 is 0.962 bits per heavy atom. The first-order valence-corrected chi connectivity index (χ1v) is 9.18. The van der Waals surface area contributed by atoms with Gasteiger partial charge in [-0.3, -0.25) is 9.59 Å². The number of hydrogen-bond acceptors (Lipinski definition) is 2. The molecule has 26 heavy (non-hydrogen) atoms. The Morgan fingerprint density at radius 3 is 2.35 bits per heavy atom. The molecule has 0 unspecified atom stereocenters. The third kappa shape index (κ3) is 4.13. The second kappa shape index (κ2) is 7.73. The highest BCUT2D eigenvalue weighted by atomic mass is 16.2. The van der Waals surface area contributed by atoms with E-state index < -0.39 is 0 Å². The number of carbonyl (C=O) groups excluding carboxylic acids is 2. The average molecular weight is 350 g/mol. The van der Waals surface area contributed by atoms with Crippen LogP contribution in [0.1, 0.15) is 39.9 Å². The molecule has 0 spiro atoms. The Labute approximate surface area is 155 Å². The van der Waals surface area contributed by atoms with Crippen LogP contribution in [0.5, 0.6) is 0 Å². The SMILES string of the molecule is Cc1cccc(NC(=O)C2CCN(C(=O)c3ccc(C)c(C)c3)CC2)c1. The molecule has 4 heteroatoms. The van der Waals surface area contributed by atoms with Gasteiger partial charge in [0.15, 0.2) is 0 Å². The van der Waals surface area contributed by atoms with Crippen LogP contribution in [-0.4, -0.2) is 29.8 Å². The zero-order valence-corrected chi connectivity index (χ0v) is 15.7. The van der Waals surface area contributed by atoms with Crippen molar-refractivity contribution in [2.24, 2.45) is 5.92 Å². The van der Waals surface area contributed by atoms with E-state index in [9.17, 15) is 9.59 Å². The largest absolute Gasteiger partial charge is 0.339 e. The number of rotatable bonds is 3. The van der Waals surface area contributed by atoms with Crippen LogP contribution in [0.25, 0.3) is 0 Å². The van der Waals surface area contributed by atoms with Crippen molar-refractivity contribution in [3.05, 3.63) is 64.7 Å². The molecular formula is C22H26N2O2. The molecule has 2 aromatic carbocycles. The van der Waals surface area contributed by atoms with Gasteiger partial charge in [0, 0.05) is 30.3 Å². The predicted molar refractivity (Wildman–Crippen MR) is 104 cm³/mol. The van der Waals surface area contributed by atoms with Gasteiger partial charge in [0.05, 0.1) is 0 Å². The van der Waals surface area contributed by atoms with Crippen LogP contribution in [-0.2, 0) is 4.79 Å². The summed E-state index contributed by atoms with van der Waals surface area (Å²) in [7, 11) is 0. The standard InChI is InChI=1S/C22H26N2O2/c1-15-5-4-6-20(13-15)23-21(25)18-9-11-24(12-10-18)22(26)19-8-7-16(2)17(3)14-19/h4-8,13-14,18H,9-12H2,1-3H3,(H,23,25). The van der Waals surface area contributed by atoms with Crippen molar-refractivity contribution in [2.75, 3.05) is 18.4 Å². The maximum atomic E-state index is 12.7. The Morgan fingerprint density at radius 2 is 1.69 bits per heavy atom. The summed E-state index contributed by atoms with van der Waals surface area (Å²) < 4.78 is 0. The molecule has 3 rings (SSSR count). The summed E-state index contributed by atoms with van der Waals surface area (Å²) >= 11 is 0. The van der Waals surface area contributed by atoms with E-state index in [-0.39, 0.29) is 17.7 Å². The zero-order chi connectivity index (χ0) is 18.7. The van der Waals surface area contributed by atoms with Crippen molar-refractivity contribution in [3.63, 3.8) is 0 Å². The molecule has 0 aliphatic carbocycles. The lowest BCUT2D eigenvalue weighted by Crippen LogP contribution is -2.41. The molecule has 0 saturated carbocycles. The van der Waals surface area contributed by atoms with Crippen LogP contribution in [0.2, 0.25) is 0 Å². The molecular weight excluding hydrogens is 324 g/mol. The van der Waals surface area contributed by atoms with Crippen LogP contribution >= 0.6 is 0 Å². The quantitative estimate of drug-likeness (QED) is 0.906. The molecule has 136 valence electrons. The summed E-state index contributed by atoms with van der Waals surface area (Å²) in [6.07, 6.45) is 1.41. The van der Waals surface area contributed by atoms with Crippen molar-refractivity contribution < 1.29 is 9.59 Å². The molecule has 1 fully saturated rings. The third-order valence-electron chi connectivity index (χ3n) is 5.19. The maximum Gasteiger partial charge on any atom is 0.253 e. The first-order valence-electron chi connectivity index (χ1n) is 9.18. The molecule has 1 aliphatic heterocycles. The number of likely N-dealkylation sites (tertiary alicyclic amines) is 1. The van der Waals surface area contributed by atoms with Gasteiger partial charge in [-0.15, -0.1) is 0 Å². The summed E-state index contributed by atoms with van der Waals surface area (Å²) in [5.74, 6) is 0.0684. The summed E-state index contributed by atoms with van der Waals surface area (Å²) in [5.41, 5.74) is 5.01. The Kier molecular flexibility index (Phi) is 5.40. The van der Waals surface area contributed by atoms with Gasteiger partial charge in [-0.1, -0.05) is 18.2 Å². The van der Waals surface area contributed by atoms with Crippen molar-refractivity contribution >= 4 is 17.5 Å². The lowest BCUT2D eigenvalue weighted by molar-refractivity contribution is -0.121. The van der Waals surface area contributed by atoms with Crippen LogP contribution in [0.4, 0.5) is 5.69 Å². The van der Waals surface area contributed by atoms with Gasteiger partial charge in [0.2, 0.25) is 5.91 Å². The van der Waals surface area contributed by atoms with Crippen LogP contribution in [0.3, 0.4) is 0 Å². The van der Waals surface area contributed by atoms with Crippen molar-refractivity contribution in [2.45, 2.75) is 33.6 Å². The molecule has 1 N–H and O–H groups in total. The number of nitrogens with zero attached hydrogens (tertiary/aromatic N) is 1. The molecule has 1 saturated heterocycles. The van der Waals surface area contributed by atoms with Crippen LogP contribution in [0.15, 0.2) is 42.5 Å². The summed E-state index contributed by atoms with van der Waals surface area (Å²) in [5, 5.41) is 3.00. The monoisotopic (exact) mass is 350 g/mol. The number of amides is 2. The number of benzene rings is 2. The van der Waals surface area contributed by atoms with Gasteiger partial charge >= 0.3 is 0 Å². The van der Waals surface area contributed by atoms with Crippen LogP contribution in [0, 0.1) is 26.7 Å². The van der Waals surface area contributed by atoms with Gasteiger partial charge in [-0.25, -0.2) is 0 Å². The van der Waals surface area contributed by atoms with Crippen molar-refractivity contribution in [3.8, 4) is 0 Å². The second-order valence-electron chi connectivity index (χ2n) is 7.22. The third-order valence-corrected chi connectivity index (χ3v) is 5.19. The van der Waals surface area contributed by atoms with Crippen molar-refractivity contribution in [1.82, 2.24) is 4.90 Å². The van der Waals surface area contributed by atoms with E-state index in [0.717, 1.165) is 22.4 Å². The number of hydrogen-bond donors (Lipinski definition) is 1. The molecule has 0 atom stereocenters. The summed E-state index contributed by atoms with van der Waals surface area (Å²) in [4.78, 5) is 27.0. The topological polar surface area (TPSA) is 49.4 Å². The minimum atomic E-state index is -0.0423. The fraction of sp³-hybridized carbons (Fsp3) is 0.364. The van der Waals surface area contributed by atoms with E-state index in [1.54, 1.807) is 0 Å². The van der Waals surface area contributed by atoms with E-state index in [1.165, 1.54) is 5.56 Å². The normalized spacial score (nSPS) is 15.0. The number of carbonyl (C=O) groups is 2. The molecule has 0 aromatic heterocycles. The minimum absolute atomic E-state index is 0.0423. The lowest BCUT2D eigenvalue weighted by atomic mass is 9.95. The molecule has 0 radical (unpaired) electrons. The van der Waals surface area contributed by atoms with E-state index in [2.05, 4.69) is 5.32 Å². The highest BCUT2D eigenvalue weighted by Crippen LogP contribution is 2.22. The fourth-order valence-electron chi connectivity index (χ4n) is 3.37. The summed E-state index contributed by atoms with van der Waals surface area (Å²) in [6, 6.07) is 13.7. The lowest BCUT2D eigenvalue weighted by Gasteiger charge is -2.31. The molecule has 1 aliphatic rings. The predicted octanol–water partition coefficient (Wildman–Crippen LogP) is 4.10. The first-order chi connectivity index (χ1) is 12.4. The molecule has 1 heterocycles. The number of piperidine rings is 1. The minimum Gasteiger partial charge on any atom is -0.339 e. The van der Waals surface area contributed by atoms with Gasteiger partial charge in [-0.2, -0.15) is 0 Å². The zero-order valence-electron chi connectivity index (χ0n) is 15.7. The van der Waals surface area contributed by atoms with Gasteiger partial charge < -0.3 is 10.2 Å². The number of aryl methyl sites for hydroxylation is 3. The molecule has 2 amide bonds. The Bertz CT molecular complexity index is 821. The molecule has 0 bridgehead atoms. The highest BCUT2D eigenvalue weighted by molar-refractivity contribution is 5.95. The highest BCUT2D eigenvalue weighted by Gasteiger charge is 2.28. The van der Waals surface area contributed by atoms with Crippen LogP contribution < -0.4 is 5.32 Å². The fourth-order valence-corrected chi connectivity index (χ4v) is 3.37. The first kappa shape index (κ1) is 18.2. The average Bonchev–Trinajstić information content (AvgIpc) is 2.63. The van der Waals surface area contributed by atoms with Gasteiger partial charge in [0.1, 0.15) is 0 Å². The molecule has 2 aromatic rings. The van der Waals surface area contributed by atoms with E-state index in [1.807, 2.05) is 68.1 Å². The Balaban J connectivity index is 1.57. The van der Waals surface area contributed by atoms with Crippen molar-refractivity contribution in [1.29, 1.82) is 0 Å². The number of nitrogens with one attached hydrogen (secondary N) is 1. The van der Waals surface area contributed by atoms with E-state index in [0.29, 0.717) is 25.9 Å². The number of anilines is 1. The van der Waals surface area contributed by atoms with Gasteiger partial charge in [-0.05, 0) is 74.6 Å². The van der Waals surface area contributed by atoms with Gasteiger partial charge in [0.25, 0.3) is 5.91 Å². The second-order valence-corrected chi connectivity index (χ2v) is 7.22.